The molecule has 1 fully saturated rings. The summed E-state index contributed by atoms with van der Waals surface area (Å²) >= 11 is 0. The van der Waals surface area contributed by atoms with Crippen LogP contribution >= 0.6 is 0 Å². The molecular formula is C14H22N4O3. The van der Waals surface area contributed by atoms with Gasteiger partial charge in [-0.05, 0) is 33.1 Å². The highest BCUT2D eigenvalue weighted by molar-refractivity contribution is 5.89. The van der Waals surface area contributed by atoms with E-state index < -0.39 is 12.0 Å². The van der Waals surface area contributed by atoms with Crippen molar-refractivity contribution in [1.82, 2.24) is 20.3 Å². The second-order valence-electron chi connectivity index (χ2n) is 5.23. The summed E-state index contributed by atoms with van der Waals surface area (Å²) in [5.41, 5.74) is 0.974. The first-order chi connectivity index (χ1) is 10.1. The van der Waals surface area contributed by atoms with Gasteiger partial charge in [-0.25, -0.2) is 9.48 Å². The molecule has 0 aromatic carbocycles. The van der Waals surface area contributed by atoms with Gasteiger partial charge in [-0.3, -0.25) is 4.79 Å². The number of carbonyl (C=O) groups is 2. The fraction of sp³-hybridized carbons (Fsp3) is 0.714. The third-order valence-corrected chi connectivity index (χ3v) is 3.46. The van der Waals surface area contributed by atoms with E-state index in [1.54, 1.807) is 18.5 Å². The molecule has 0 aliphatic heterocycles. The van der Waals surface area contributed by atoms with Gasteiger partial charge in [0.15, 0.2) is 5.69 Å². The molecule has 0 saturated heterocycles. The van der Waals surface area contributed by atoms with Crippen LogP contribution in [0.5, 0.6) is 0 Å². The molecule has 1 saturated carbocycles. The Kier molecular flexibility index (Phi) is 4.93. The van der Waals surface area contributed by atoms with Crippen LogP contribution in [0.3, 0.4) is 0 Å². The molecule has 116 valence electrons. The topological polar surface area (TPSA) is 86.1 Å². The van der Waals surface area contributed by atoms with E-state index in [0.29, 0.717) is 13.2 Å². The van der Waals surface area contributed by atoms with E-state index in [0.717, 1.165) is 25.0 Å². The Balaban J connectivity index is 2.23. The maximum Gasteiger partial charge on any atom is 0.360 e. The Labute approximate surface area is 124 Å². The molecule has 1 amide bonds. The first-order valence-corrected chi connectivity index (χ1v) is 7.50. The van der Waals surface area contributed by atoms with Crippen LogP contribution in [0.15, 0.2) is 0 Å². The lowest BCUT2D eigenvalue weighted by molar-refractivity contribution is -0.124. The molecule has 0 bridgehead atoms. The largest absolute Gasteiger partial charge is 0.461 e. The standard InChI is InChI=1S/C14H22N4O3/c1-4-8-15-13(19)9(3)18-12(10-6-7-10)11(16-17-18)14(20)21-5-2/h9-10H,4-8H2,1-3H3,(H,15,19). The van der Waals surface area contributed by atoms with Gasteiger partial charge in [-0.15, -0.1) is 5.10 Å². The Hall–Kier alpha value is -1.92. The molecule has 1 aromatic rings. The van der Waals surface area contributed by atoms with Crippen molar-refractivity contribution in [1.29, 1.82) is 0 Å². The number of hydrogen-bond donors (Lipinski definition) is 1. The van der Waals surface area contributed by atoms with E-state index >= 15 is 0 Å². The highest BCUT2D eigenvalue weighted by Crippen LogP contribution is 2.42. The van der Waals surface area contributed by atoms with Gasteiger partial charge in [-0.2, -0.15) is 0 Å². The van der Waals surface area contributed by atoms with Crippen LogP contribution in [0.4, 0.5) is 0 Å². The van der Waals surface area contributed by atoms with Gasteiger partial charge in [0.1, 0.15) is 6.04 Å². The summed E-state index contributed by atoms with van der Waals surface area (Å²) in [6.07, 6.45) is 2.85. The molecule has 1 heterocycles. The van der Waals surface area contributed by atoms with Crippen molar-refractivity contribution in [3.63, 3.8) is 0 Å². The zero-order chi connectivity index (χ0) is 15.4. The average molecular weight is 294 g/mol. The molecule has 2 rings (SSSR count). The van der Waals surface area contributed by atoms with Crippen molar-refractivity contribution in [2.75, 3.05) is 13.2 Å². The fourth-order valence-corrected chi connectivity index (χ4v) is 2.18. The van der Waals surface area contributed by atoms with Gasteiger partial charge in [-0.1, -0.05) is 12.1 Å². The normalized spacial score (nSPS) is 15.6. The number of hydrogen-bond acceptors (Lipinski definition) is 5. The van der Waals surface area contributed by atoms with Crippen LogP contribution in [-0.2, 0) is 9.53 Å². The molecule has 1 N–H and O–H groups in total. The van der Waals surface area contributed by atoms with Crippen molar-refractivity contribution in [3.05, 3.63) is 11.4 Å². The van der Waals surface area contributed by atoms with Gasteiger partial charge >= 0.3 is 5.97 Å². The van der Waals surface area contributed by atoms with Crippen molar-refractivity contribution in [3.8, 4) is 0 Å². The summed E-state index contributed by atoms with van der Waals surface area (Å²) in [7, 11) is 0. The van der Waals surface area contributed by atoms with Gasteiger partial charge in [0.25, 0.3) is 0 Å². The zero-order valence-electron chi connectivity index (χ0n) is 12.8. The van der Waals surface area contributed by atoms with Crippen LogP contribution in [0, 0.1) is 0 Å². The number of aromatic nitrogens is 3. The lowest BCUT2D eigenvalue weighted by Gasteiger charge is -2.14. The molecule has 21 heavy (non-hydrogen) atoms. The molecule has 1 unspecified atom stereocenters. The molecule has 7 nitrogen and oxygen atoms in total. The monoisotopic (exact) mass is 294 g/mol. The molecular weight excluding hydrogens is 272 g/mol. The molecule has 7 heteroatoms. The Morgan fingerprint density at radius 1 is 1.43 bits per heavy atom. The van der Waals surface area contributed by atoms with Gasteiger partial charge in [0.2, 0.25) is 5.91 Å². The second-order valence-corrected chi connectivity index (χ2v) is 5.23. The molecule has 1 aliphatic rings. The van der Waals surface area contributed by atoms with Gasteiger partial charge in [0, 0.05) is 12.5 Å². The third kappa shape index (κ3) is 3.40. The lowest BCUT2D eigenvalue weighted by atomic mass is 10.2. The maximum absolute atomic E-state index is 12.1. The molecule has 0 radical (unpaired) electrons. The van der Waals surface area contributed by atoms with Crippen LogP contribution in [-0.4, -0.2) is 40.0 Å². The zero-order valence-corrected chi connectivity index (χ0v) is 12.8. The van der Waals surface area contributed by atoms with E-state index in [2.05, 4.69) is 15.6 Å². The molecule has 1 aromatic heterocycles. The summed E-state index contributed by atoms with van der Waals surface area (Å²) in [6.45, 7) is 6.43. The predicted molar refractivity (Wildman–Crippen MR) is 76.0 cm³/mol. The summed E-state index contributed by atoms with van der Waals surface area (Å²) in [5, 5.41) is 10.8. The van der Waals surface area contributed by atoms with Crippen LogP contribution in [0.25, 0.3) is 0 Å². The predicted octanol–water partition coefficient (Wildman–Crippen LogP) is 1.42. The van der Waals surface area contributed by atoms with Crippen LogP contribution in [0.2, 0.25) is 0 Å². The minimum absolute atomic E-state index is 0.112. The third-order valence-electron chi connectivity index (χ3n) is 3.46. The lowest BCUT2D eigenvalue weighted by Crippen LogP contribution is -2.32. The van der Waals surface area contributed by atoms with Gasteiger partial charge in [0.05, 0.1) is 12.3 Å². The maximum atomic E-state index is 12.1. The first-order valence-electron chi connectivity index (χ1n) is 7.50. The smallest absolute Gasteiger partial charge is 0.360 e. The van der Waals surface area contributed by atoms with E-state index in [-0.39, 0.29) is 17.5 Å². The first kappa shape index (κ1) is 15.5. The highest BCUT2D eigenvalue weighted by atomic mass is 16.5. The number of nitrogens with one attached hydrogen (secondary N) is 1. The molecule has 0 spiro atoms. The van der Waals surface area contributed by atoms with Crippen molar-refractivity contribution in [2.45, 2.75) is 52.0 Å². The number of nitrogens with zero attached hydrogens (tertiary/aromatic N) is 3. The quantitative estimate of drug-likeness (QED) is 0.769. The summed E-state index contributed by atoms with van der Waals surface area (Å²) in [5.74, 6) is -0.327. The van der Waals surface area contributed by atoms with E-state index in [9.17, 15) is 9.59 Å². The van der Waals surface area contributed by atoms with Gasteiger partial charge < -0.3 is 10.1 Å². The second kappa shape index (κ2) is 6.69. The van der Waals surface area contributed by atoms with Crippen molar-refractivity contribution >= 4 is 11.9 Å². The summed E-state index contributed by atoms with van der Waals surface area (Å²) < 4.78 is 6.57. The Bertz CT molecular complexity index is 522. The van der Waals surface area contributed by atoms with Crippen molar-refractivity contribution < 1.29 is 14.3 Å². The Morgan fingerprint density at radius 2 is 2.14 bits per heavy atom. The van der Waals surface area contributed by atoms with E-state index in [1.807, 2.05) is 6.92 Å². The average Bonchev–Trinajstić information content (AvgIpc) is 3.22. The highest BCUT2D eigenvalue weighted by Gasteiger charge is 2.36. The Morgan fingerprint density at radius 3 is 2.71 bits per heavy atom. The summed E-state index contributed by atoms with van der Waals surface area (Å²) in [6, 6.07) is -0.483. The number of rotatable bonds is 7. The SMILES string of the molecule is CCCNC(=O)C(C)n1nnc(C(=O)OCC)c1C1CC1. The number of amides is 1. The minimum Gasteiger partial charge on any atom is -0.461 e. The van der Waals surface area contributed by atoms with E-state index in [4.69, 9.17) is 4.74 Å². The van der Waals surface area contributed by atoms with Crippen LogP contribution in [0.1, 0.15) is 68.2 Å². The number of esters is 1. The molecule has 1 aliphatic carbocycles. The van der Waals surface area contributed by atoms with Crippen molar-refractivity contribution in [2.24, 2.45) is 0 Å². The summed E-state index contributed by atoms with van der Waals surface area (Å²) in [4.78, 5) is 24.0. The number of carbonyl (C=O) groups excluding carboxylic acids is 2. The number of ether oxygens (including phenoxy) is 1. The van der Waals surface area contributed by atoms with E-state index in [1.165, 1.54) is 0 Å². The van der Waals surface area contributed by atoms with Crippen LogP contribution < -0.4 is 5.32 Å². The fourth-order valence-electron chi connectivity index (χ4n) is 2.18. The minimum atomic E-state index is -0.483. The molecule has 1 atom stereocenters.